The number of hydrogen-bond donors (Lipinski definition) is 1. The molecule has 0 fully saturated rings. The van der Waals surface area contributed by atoms with E-state index in [1.165, 1.54) is 6.92 Å². The van der Waals surface area contributed by atoms with Gasteiger partial charge in [0.25, 0.3) is 0 Å². The van der Waals surface area contributed by atoms with Crippen LogP contribution in [0.3, 0.4) is 0 Å². The number of esters is 1. The van der Waals surface area contributed by atoms with Crippen molar-refractivity contribution in [2.45, 2.75) is 20.0 Å². The lowest BCUT2D eigenvalue weighted by atomic mass is 10.1. The summed E-state index contributed by atoms with van der Waals surface area (Å²) in [5, 5.41) is 0.577. The summed E-state index contributed by atoms with van der Waals surface area (Å²) in [4.78, 5) is 10.7. The number of halogens is 1. The lowest BCUT2D eigenvalue weighted by molar-refractivity contribution is -0.145. The number of carbonyl (C=O) groups excluding carboxylic acids is 1. The zero-order chi connectivity index (χ0) is 10.7. The molecule has 0 aliphatic rings. The average Bonchev–Trinajstić information content (AvgIpc) is 2.08. The van der Waals surface area contributed by atoms with Gasteiger partial charge in [-0.15, -0.1) is 0 Å². The highest BCUT2D eigenvalue weighted by Gasteiger charge is 2.11. The second kappa shape index (κ2) is 4.33. The molecular weight excluding hydrogens is 202 g/mol. The summed E-state index contributed by atoms with van der Waals surface area (Å²) in [6.45, 7) is 3.11. The maximum Gasteiger partial charge on any atom is 0.303 e. The molecule has 0 heterocycles. The number of carbonyl (C=O) groups is 1. The van der Waals surface area contributed by atoms with Crippen molar-refractivity contribution >= 4 is 23.3 Å². The minimum atomic E-state index is -0.369. The molecule has 1 aromatic rings. The van der Waals surface area contributed by atoms with E-state index < -0.39 is 0 Å². The molecular formula is C10H12ClNO2. The lowest BCUT2D eigenvalue weighted by Gasteiger charge is -2.14. The van der Waals surface area contributed by atoms with Crippen LogP contribution < -0.4 is 5.73 Å². The van der Waals surface area contributed by atoms with E-state index in [0.717, 1.165) is 5.56 Å². The minimum absolute atomic E-state index is 0.336. The molecule has 3 nitrogen and oxygen atoms in total. The van der Waals surface area contributed by atoms with Crippen LogP contribution >= 0.6 is 11.6 Å². The summed E-state index contributed by atoms with van der Waals surface area (Å²) in [6, 6.07) is 5.09. The monoisotopic (exact) mass is 213 g/mol. The van der Waals surface area contributed by atoms with Crippen LogP contribution in [0.5, 0.6) is 0 Å². The SMILES string of the molecule is CC(=O)OC(C)c1cc(Cl)ccc1N. The van der Waals surface area contributed by atoms with Crippen molar-refractivity contribution in [2.75, 3.05) is 5.73 Å². The zero-order valence-corrected chi connectivity index (χ0v) is 8.84. The number of rotatable bonds is 2. The van der Waals surface area contributed by atoms with Gasteiger partial charge in [-0.1, -0.05) is 11.6 Å². The van der Waals surface area contributed by atoms with Crippen LogP contribution in [0.25, 0.3) is 0 Å². The molecule has 14 heavy (non-hydrogen) atoms. The maximum absolute atomic E-state index is 10.7. The number of ether oxygens (including phenoxy) is 1. The van der Waals surface area contributed by atoms with E-state index in [4.69, 9.17) is 22.1 Å². The topological polar surface area (TPSA) is 52.3 Å². The van der Waals surface area contributed by atoms with Crippen molar-refractivity contribution in [1.29, 1.82) is 0 Å². The quantitative estimate of drug-likeness (QED) is 0.607. The fraction of sp³-hybridized carbons (Fsp3) is 0.300. The van der Waals surface area contributed by atoms with Crippen LogP contribution in [0.15, 0.2) is 18.2 Å². The van der Waals surface area contributed by atoms with E-state index in [1.807, 2.05) is 0 Å². The van der Waals surface area contributed by atoms with Crippen molar-refractivity contribution in [3.63, 3.8) is 0 Å². The minimum Gasteiger partial charge on any atom is -0.458 e. The molecule has 1 atom stereocenters. The zero-order valence-electron chi connectivity index (χ0n) is 8.08. The van der Waals surface area contributed by atoms with E-state index in [2.05, 4.69) is 0 Å². The van der Waals surface area contributed by atoms with Crippen molar-refractivity contribution in [1.82, 2.24) is 0 Å². The summed E-state index contributed by atoms with van der Waals surface area (Å²) in [7, 11) is 0. The van der Waals surface area contributed by atoms with Crippen molar-refractivity contribution in [3.05, 3.63) is 28.8 Å². The molecule has 0 aromatic heterocycles. The normalized spacial score (nSPS) is 12.2. The molecule has 0 saturated heterocycles. The first-order valence-electron chi connectivity index (χ1n) is 4.23. The third-order valence-electron chi connectivity index (χ3n) is 1.83. The Kier molecular flexibility index (Phi) is 3.36. The standard InChI is InChI=1S/C10H12ClNO2/c1-6(14-7(2)13)9-5-8(11)3-4-10(9)12/h3-6H,12H2,1-2H3. The molecule has 1 unspecified atom stereocenters. The number of nitrogen functional groups attached to an aromatic ring is 1. The summed E-state index contributed by atoms with van der Waals surface area (Å²) in [5.74, 6) is -0.336. The van der Waals surface area contributed by atoms with E-state index in [1.54, 1.807) is 25.1 Å². The van der Waals surface area contributed by atoms with Gasteiger partial charge in [0.2, 0.25) is 0 Å². The molecule has 76 valence electrons. The number of benzene rings is 1. The van der Waals surface area contributed by atoms with Gasteiger partial charge in [-0.3, -0.25) is 4.79 Å². The fourth-order valence-electron chi connectivity index (χ4n) is 1.21. The highest BCUT2D eigenvalue weighted by molar-refractivity contribution is 6.30. The third kappa shape index (κ3) is 2.64. The molecule has 2 N–H and O–H groups in total. The molecule has 0 aliphatic carbocycles. The Morgan fingerprint density at radius 1 is 1.57 bits per heavy atom. The van der Waals surface area contributed by atoms with Gasteiger partial charge in [-0.05, 0) is 25.1 Å². The van der Waals surface area contributed by atoms with Crippen LogP contribution in [0, 0.1) is 0 Å². The van der Waals surface area contributed by atoms with Gasteiger partial charge < -0.3 is 10.5 Å². The van der Waals surface area contributed by atoms with E-state index >= 15 is 0 Å². The Labute approximate surface area is 87.8 Å². The van der Waals surface area contributed by atoms with Gasteiger partial charge >= 0.3 is 5.97 Å². The van der Waals surface area contributed by atoms with Gasteiger partial charge in [0.05, 0.1) is 0 Å². The van der Waals surface area contributed by atoms with E-state index in [0.29, 0.717) is 10.7 Å². The molecule has 1 rings (SSSR count). The van der Waals surface area contributed by atoms with E-state index in [-0.39, 0.29) is 12.1 Å². The van der Waals surface area contributed by atoms with Crippen LogP contribution in [0.4, 0.5) is 5.69 Å². The Hall–Kier alpha value is -1.22. The van der Waals surface area contributed by atoms with Crippen molar-refractivity contribution in [2.24, 2.45) is 0 Å². The van der Waals surface area contributed by atoms with Crippen LogP contribution in [0.2, 0.25) is 5.02 Å². The Morgan fingerprint density at radius 3 is 2.79 bits per heavy atom. The predicted molar refractivity (Wildman–Crippen MR) is 56.0 cm³/mol. The molecule has 0 radical (unpaired) electrons. The lowest BCUT2D eigenvalue weighted by Crippen LogP contribution is -2.07. The maximum atomic E-state index is 10.7. The average molecular weight is 214 g/mol. The van der Waals surface area contributed by atoms with Crippen LogP contribution in [0.1, 0.15) is 25.5 Å². The summed E-state index contributed by atoms with van der Waals surface area (Å²) >= 11 is 5.80. The van der Waals surface area contributed by atoms with Gasteiger partial charge in [0.15, 0.2) is 0 Å². The van der Waals surface area contributed by atoms with Gasteiger partial charge in [-0.25, -0.2) is 0 Å². The summed E-state index contributed by atoms with van der Waals surface area (Å²) in [6.07, 6.45) is -0.369. The van der Waals surface area contributed by atoms with Crippen molar-refractivity contribution < 1.29 is 9.53 Å². The molecule has 1 aromatic carbocycles. The largest absolute Gasteiger partial charge is 0.458 e. The van der Waals surface area contributed by atoms with Gasteiger partial charge in [0.1, 0.15) is 6.10 Å². The number of hydrogen-bond acceptors (Lipinski definition) is 3. The van der Waals surface area contributed by atoms with Crippen LogP contribution in [-0.4, -0.2) is 5.97 Å². The molecule has 0 aliphatic heterocycles. The van der Waals surface area contributed by atoms with Gasteiger partial charge in [-0.2, -0.15) is 0 Å². The highest BCUT2D eigenvalue weighted by Crippen LogP contribution is 2.26. The summed E-state index contributed by atoms with van der Waals surface area (Å²) < 4.78 is 4.99. The smallest absolute Gasteiger partial charge is 0.303 e. The third-order valence-corrected chi connectivity index (χ3v) is 2.06. The number of anilines is 1. The summed E-state index contributed by atoms with van der Waals surface area (Å²) in [5.41, 5.74) is 7.02. The first-order chi connectivity index (χ1) is 6.50. The molecule has 0 saturated carbocycles. The Morgan fingerprint density at radius 2 is 2.21 bits per heavy atom. The molecule has 0 amide bonds. The van der Waals surface area contributed by atoms with Crippen LogP contribution in [-0.2, 0) is 9.53 Å². The Balaban J connectivity index is 2.93. The predicted octanol–water partition coefficient (Wildman–Crippen LogP) is 2.55. The first kappa shape index (κ1) is 10.9. The molecule has 0 spiro atoms. The Bertz CT molecular complexity index is 352. The molecule has 0 bridgehead atoms. The first-order valence-corrected chi connectivity index (χ1v) is 4.60. The highest BCUT2D eigenvalue weighted by atomic mass is 35.5. The molecule has 4 heteroatoms. The van der Waals surface area contributed by atoms with Crippen molar-refractivity contribution in [3.8, 4) is 0 Å². The number of nitrogens with two attached hydrogens (primary N) is 1. The second-order valence-electron chi connectivity index (χ2n) is 3.02. The fourth-order valence-corrected chi connectivity index (χ4v) is 1.39. The van der Waals surface area contributed by atoms with E-state index in [9.17, 15) is 4.79 Å². The van der Waals surface area contributed by atoms with Gasteiger partial charge in [0, 0.05) is 23.2 Å². The second-order valence-corrected chi connectivity index (χ2v) is 3.46.